The van der Waals surface area contributed by atoms with E-state index in [9.17, 15) is 22.8 Å². The second-order valence-electron chi connectivity index (χ2n) is 8.45. The van der Waals surface area contributed by atoms with Crippen molar-refractivity contribution in [3.63, 3.8) is 0 Å². The van der Waals surface area contributed by atoms with Gasteiger partial charge in [-0.2, -0.15) is 18.3 Å². The maximum absolute atomic E-state index is 13.2. The summed E-state index contributed by atoms with van der Waals surface area (Å²) < 4.78 is 40.7. The van der Waals surface area contributed by atoms with Gasteiger partial charge in [0.05, 0.1) is 22.9 Å². The molecule has 8 nitrogen and oxygen atoms in total. The van der Waals surface area contributed by atoms with Crippen LogP contribution in [0.15, 0.2) is 55.0 Å². The van der Waals surface area contributed by atoms with Gasteiger partial charge in [-0.25, -0.2) is 4.98 Å². The largest absolute Gasteiger partial charge is 0.416 e. The zero-order chi connectivity index (χ0) is 25.0. The van der Waals surface area contributed by atoms with Crippen LogP contribution in [0.2, 0.25) is 0 Å². The Morgan fingerprint density at radius 2 is 1.91 bits per heavy atom. The molecule has 1 aromatic carbocycles. The van der Waals surface area contributed by atoms with Gasteiger partial charge in [0.25, 0.3) is 11.8 Å². The van der Waals surface area contributed by atoms with Crippen LogP contribution in [0.1, 0.15) is 39.1 Å². The first kappa shape index (κ1) is 24.2. The summed E-state index contributed by atoms with van der Waals surface area (Å²) in [6, 6.07) is 7.97. The number of aromatic nitrogens is 3. The van der Waals surface area contributed by atoms with Crippen molar-refractivity contribution in [1.82, 2.24) is 25.0 Å². The van der Waals surface area contributed by atoms with Crippen molar-refractivity contribution >= 4 is 23.3 Å². The monoisotopic (exact) mass is 486 g/mol. The van der Waals surface area contributed by atoms with Gasteiger partial charge in [0, 0.05) is 44.8 Å². The van der Waals surface area contributed by atoms with Crippen molar-refractivity contribution in [2.75, 3.05) is 25.0 Å². The van der Waals surface area contributed by atoms with Crippen LogP contribution in [0, 0.1) is 5.92 Å². The van der Waals surface area contributed by atoms with Gasteiger partial charge < -0.3 is 15.5 Å². The molecule has 2 amide bonds. The van der Waals surface area contributed by atoms with Crippen molar-refractivity contribution < 1.29 is 22.8 Å². The minimum atomic E-state index is -4.47. The van der Waals surface area contributed by atoms with Gasteiger partial charge in [0.1, 0.15) is 5.82 Å². The van der Waals surface area contributed by atoms with Gasteiger partial charge >= 0.3 is 6.18 Å². The number of rotatable bonds is 6. The summed E-state index contributed by atoms with van der Waals surface area (Å²) in [5.74, 6) is 0.00153. The maximum atomic E-state index is 13.2. The minimum Gasteiger partial charge on any atom is -0.352 e. The molecule has 1 saturated heterocycles. The fourth-order valence-electron chi connectivity index (χ4n) is 3.98. The van der Waals surface area contributed by atoms with E-state index in [-0.39, 0.29) is 34.8 Å². The lowest BCUT2D eigenvalue weighted by Crippen LogP contribution is -2.41. The van der Waals surface area contributed by atoms with Gasteiger partial charge in [0.15, 0.2) is 0 Å². The van der Waals surface area contributed by atoms with E-state index in [1.165, 1.54) is 24.5 Å². The van der Waals surface area contributed by atoms with Crippen LogP contribution < -0.4 is 10.6 Å². The van der Waals surface area contributed by atoms with Crippen LogP contribution in [0.5, 0.6) is 0 Å². The Balaban J connectivity index is 1.35. The molecule has 1 aliphatic heterocycles. The minimum absolute atomic E-state index is 0.183. The number of nitrogens with one attached hydrogen (secondary N) is 2. The number of anilines is 2. The standard InChI is InChI=1S/C24H25F3N6O2/c1-32-15-17(14-30-32)22(34)29-13-16-7-10-33(11-8-16)23(35)20-6-3-9-28-21(20)31-19-5-2-4-18(12-19)24(25,26)27/h2-6,9,12,14-16H,7-8,10-11,13H2,1H3,(H,28,31)(H,29,34). The Kier molecular flexibility index (Phi) is 7.04. The van der Waals surface area contributed by atoms with Crippen LogP contribution in [-0.4, -0.2) is 51.1 Å². The molecule has 0 saturated carbocycles. The molecule has 11 heteroatoms. The third kappa shape index (κ3) is 5.97. The van der Waals surface area contributed by atoms with E-state index >= 15 is 0 Å². The van der Waals surface area contributed by atoms with Crippen molar-refractivity contribution in [3.8, 4) is 0 Å². The topological polar surface area (TPSA) is 92.2 Å². The van der Waals surface area contributed by atoms with Crippen molar-refractivity contribution in [2.24, 2.45) is 13.0 Å². The third-order valence-electron chi connectivity index (χ3n) is 5.91. The van der Waals surface area contributed by atoms with Crippen LogP contribution >= 0.6 is 0 Å². The molecule has 2 N–H and O–H groups in total. The number of benzene rings is 1. The Morgan fingerprint density at radius 1 is 1.14 bits per heavy atom. The Morgan fingerprint density at radius 3 is 2.60 bits per heavy atom. The molecule has 0 aliphatic carbocycles. The molecule has 2 aromatic heterocycles. The van der Waals surface area contributed by atoms with Crippen LogP contribution in [-0.2, 0) is 13.2 Å². The number of hydrogen-bond acceptors (Lipinski definition) is 5. The number of halogens is 3. The predicted octanol–water partition coefficient (Wildman–Crippen LogP) is 3.86. The van der Waals surface area contributed by atoms with Crippen molar-refractivity contribution in [2.45, 2.75) is 19.0 Å². The zero-order valence-corrected chi connectivity index (χ0v) is 19.0. The van der Waals surface area contributed by atoms with Crippen LogP contribution in [0.25, 0.3) is 0 Å². The molecule has 35 heavy (non-hydrogen) atoms. The molecule has 0 spiro atoms. The molecule has 1 aliphatic rings. The first-order chi connectivity index (χ1) is 16.7. The molecule has 0 radical (unpaired) electrons. The molecule has 3 heterocycles. The smallest absolute Gasteiger partial charge is 0.352 e. The van der Waals surface area contributed by atoms with E-state index in [0.29, 0.717) is 25.2 Å². The van der Waals surface area contributed by atoms with Gasteiger partial charge in [-0.05, 0) is 49.1 Å². The van der Waals surface area contributed by atoms with Crippen LogP contribution in [0.4, 0.5) is 24.7 Å². The lowest BCUT2D eigenvalue weighted by Gasteiger charge is -2.32. The Bertz CT molecular complexity index is 1200. The highest BCUT2D eigenvalue weighted by Crippen LogP contribution is 2.32. The SMILES string of the molecule is Cn1cc(C(=O)NCC2CCN(C(=O)c3cccnc3Nc3cccc(C(F)(F)F)c3)CC2)cn1. The quantitative estimate of drug-likeness (QED) is 0.552. The second-order valence-corrected chi connectivity index (χ2v) is 8.45. The highest BCUT2D eigenvalue weighted by atomic mass is 19.4. The lowest BCUT2D eigenvalue weighted by atomic mass is 9.96. The summed E-state index contributed by atoms with van der Waals surface area (Å²) in [7, 11) is 1.74. The number of hydrogen-bond donors (Lipinski definition) is 2. The summed E-state index contributed by atoms with van der Waals surface area (Å²) in [5, 5.41) is 9.75. The summed E-state index contributed by atoms with van der Waals surface area (Å²) in [6.07, 6.45) is 1.60. The van der Waals surface area contributed by atoms with Crippen molar-refractivity contribution in [1.29, 1.82) is 0 Å². The average molecular weight is 486 g/mol. The molecule has 3 aromatic rings. The fourth-order valence-corrected chi connectivity index (χ4v) is 3.98. The highest BCUT2D eigenvalue weighted by molar-refractivity contribution is 5.99. The number of amides is 2. The van der Waals surface area contributed by atoms with E-state index in [1.807, 2.05) is 0 Å². The van der Waals surface area contributed by atoms with E-state index in [0.717, 1.165) is 25.0 Å². The summed E-state index contributed by atoms with van der Waals surface area (Å²) in [5.41, 5.74) is 0.186. The first-order valence-electron chi connectivity index (χ1n) is 11.2. The number of carbonyl (C=O) groups is 2. The van der Waals surface area contributed by atoms with Crippen LogP contribution in [0.3, 0.4) is 0 Å². The third-order valence-corrected chi connectivity index (χ3v) is 5.91. The molecule has 4 rings (SSSR count). The molecule has 0 unspecified atom stereocenters. The average Bonchev–Trinajstić information content (AvgIpc) is 3.29. The number of pyridine rings is 1. The van der Waals surface area contributed by atoms with E-state index in [1.54, 1.807) is 35.0 Å². The fraction of sp³-hybridized carbons (Fsp3) is 0.333. The van der Waals surface area contributed by atoms with Gasteiger partial charge in [-0.15, -0.1) is 0 Å². The van der Waals surface area contributed by atoms with Gasteiger partial charge in [-0.1, -0.05) is 6.07 Å². The molecule has 1 fully saturated rings. The number of alkyl halides is 3. The zero-order valence-electron chi connectivity index (χ0n) is 19.0. The van der Waals surface area contributed by atoms with Crippen molar-refractivity contribution in [3.05, 3.63) is 71.7 Å². The molecular formula is C24H25F3N6O2. The summed E-state index contributed by atoms with van der Waals surface area (Å²) in [4.78, 5) is 31.3. The Hall–Kier alpha value is -3.89. The van der Waals surface area contributed by atoms with Gasteiger partial charge in [0.2, 0.25) is 0 Å². The maximum Gasteiger partial charge on any atom is 0.416 e. The molecular weight excluding hydrogens is 461 g/mol. The van der Waals surface area contributed by atoms with E-state index < -0.39 is 11.7 Å². The number of likely N-dealkylation sites (tertiary alicyclic amines) is 1. The van der Waals surface area contributed by atoms with E-state index in [2.05, 4.69) is 20.7 Å². The summed E-state index contributed by atoms with van der Waals surface area (Å²) in [6.45, 7) is 1.51. The first-order valence-corrected chi connectivity index (χ1v) is 11.2. The molecule has 0 atom stereocenters. The molecule has 0 bridgehead atoms. The van der Waals surface area contributed by atoms with E-state index in [4.69, 9.17) is 0 Å². The van der Waals surface area contributed by atoms with Gasteiger partial charge in [-0.3, -0.25) is 14.3 Å². The number of carbonyl (C=O) groups excluding carboxylic acids is 2. The second kappa shape index (κ2) is 10.2. The summed E-state index contributed by atoms with van der Waals surface area (Å²) >= 11 is 0. The lowest BCUT2D eigenvalue weighted by molar-refractivity contribution is -0.137. The predicted molar refractivity (Wildman–Crippen MR) is 123 cm³/mol. The normalized spacial score (nSPS) is 14.6. The number of aryl methyl sites for hydroxylation is 1. The Labute approximate surface area is 200 Å². The number of nitrogens with zero attached hydrogens (tertiary/aromatic N) is 4. The molecule has 184 valence electrons. The highest BCUT2D eigenvalue weighted by Gasteiger charge is 2.31. The number of piperidine rings is 1.